The van der Waals surface area contributed by atoms with Crippen LogP contribution in [0.25, 0.3) is 0 Å². The Kier molecular flexibility index (Phi) is 4.91. The van der Waals surface area contributed by atoms with Crippen molar-refractivity contribution in [3.8, 4) is 5.88 Å². The minimum absolute atomic E-state index is 0.255. The number of nitrogens with zero attached hydrogens (tertiary/aromatic N) is 3. The van der Waals surface area contributed by atoms with Crippen molar-refractivity contribution in [3.63, 3.8) is 0 Å². The monoisotopic (exact) mass is 385 g/mol. The predicted molar refractivity (Wildman–Crippen MR) is 105 cm³/mol. The van der Waals surface area contributed by atoms with Gasteiger partial charge in [0.25, 0.3) is 5.88 Å². The van der Waals surface area contributed by atoms with Gasteiger partial charge < -0.3 is 14.2 Å². The van der Waals surface area contributed by atoms with Crippen LogP contribution in [0.4, 0.5) is 0 Å². The first-order chi connectivity index (χ1) is 13.7. The zero-order valence-corrected chi connectivity index (χ0v) is 16.8. The van der Waals surface area contributed by atoms with Crippen molar-refractivity contribution in [1.29, 1.82) is 0 Å². The molecule has 6 heteroatoms. The van der Waals surface area contributed by atoms with E-state index in [2.05, 4.69) is 21.0 Å². The van der Waals surface area contributed by atoms with E-state index in [1.165, 1.54) is 45.2 Å². The highest BCUT2D eigenvalue weighted by Gasteiger charge is 2.46. The first-order valence-corrected chi connectivity index (χ1v) is 11.0. The largest absolute Gasteiger partial charge is 0.479 e. The lowest BCUT2D eigenvalue weighted by Gasteiger charge is -2.54. The molecule has 152 valence electrons. The van der Waals surface area contributed by atoms with E-state index in [-0.39, 0.29) is 5.91 Å². The Balaban J connectivity index is 1.30. The lowest BCUT2D eigenvalue weighted by atomic mass is 9.68. The normalized spacial score (nSPS) is 32.3. The average molecular weight is 386 g/mol. The molecule has 0 radical (unpaired) electrons. The minimum Gasteiger partial charge on any atom is -0.479 e. The van der Waals surface area contributed by atoms with Gasteiger partial charge in [0.05, 0.1) is 13.2 Å². The molecule has 28 heavy (non-hydrogen) atoms. The molecule has 3 saturated heterocycles. The van der Waals surface area contributed by atoms with Crippen LogP contribution in [0, 0.1) is 11.8 Å². The Bertz CT molecular complexity index is 758. The van der Waals surface area contributed by atoms with Gasteiger partial charge in [-0.1, -0.05) is 18.1 Å². The summed E-state index contributed by atoms with van der Waals surface area (Å²) in [4.78, 5) is 18.1. The van der Waals surface area contributed by atoms with Crippen LogP contribution in [0.3, 0.4) is 0 Å². The summed E-state index contributed by atoms with van der Waals surface area (Å²) in [5.41, 5.74) is 1.55. The molecule has 0 saturated carbocycles. The van der Waals surface area contributed by atoms with Crippen molar-refractivity contribution in [2.24, 2.45) is 11.8 Å². The fourth-order valence-corrected chi connectivity index (χ4v) is 6.13. The summed E-state index contributed by atoms with van der Waals surface area (Å²) in [5.74, 6) is 2.76. The molecule has 1 aromatic heterocycles. The van der Waals surface area contributed by atoms with Gasteiger partial charge in [0.1, 0.15) is 5.76 Å². The maximum absolute atomic E-state index is 13.1. The van der Waals surface area contributed by atoms with Gasteiger partial charge in [-0.05, 0) is 55.6 Å². The van der Waals surface area contributed by atoms with Gasteiger partial charge in [-0.3, -0.25) is 9.69 Å². The third kappa shape index (κ3) is 3.25. The molecule has 4 heterocycles. The molecule has 4 aliphatic rings. The molecule has 0 aromatic carbocycles. The summed E-state index contributed by atoms with van der Waals surface area (Å²) >= 11 is 0. The van der Waals surface area contributed by atoms with E-state index in [4.69, 9.17) is 9.26 Å². The minimum atomic E-state index is 0.255. The number of aromatic nitrogens is 1. The number of amides is 1. The Labute approximate surface area is 166 Å². The number of fused-ring (bicyclic) bond motifs is 6. The summed E-state index contributed by atoms with van der Waals surface area (Å²) in [6, 6.07) is 2.85. The Morgan fingerprint density at radius 1 is 1.32 bits per heavy atom. The average Bonchev–Trinajstić information content (AvgIpc) is 3.20. The smallest absolute Gasteiger partial charge is 0.254 e. The number of hydrogen-bond donors (Lipinski definition) is 0. The highest BCUT2D eigenvalue weighted by atomic mass is 16.5. The number of carbonyl (C=O) groups excluding carboxylic acids is 1. The number of rotatable bonds is 4. The first-order valence-electron chi connectivity index (χ1n) is 11.0. The SMILES string of the molecule is COc1cc(CCC(=O)N2CCCC3=C[C@H]4C[C@@H](CN5CCCC[C@H]45)[C@H]32)on1. The van der Waals surface area contributed by atoms with Crippen molar-refractivity contribution in [1.82, 2.24) is 15.0 Å². The second-order valence-corrected chi connectivity index (χ2v) is 8.93. The van der Waals surface area contributed by atoms with Gasteiger partial charge in [-0.15, -0.1) is 0 Å². The molecular formula is C22H31N3O3. The molecule has 6 nitrogen and oxygen atoms in total. The Morgan fingerprint density at radius 3 is 3.11 bits per heavy atom. The van der Waals surface area contributed by atoms with Crippen LogP contribution >= 0.6 is 0 Å². The van der Waals surface area contributed by atoms with Crippen LogP contribution in [-0.4, -0.2) is 59.7 Å². The van der Waals surface area contributed by atoms with Crippen LogP contribution < -0.4 is 4.74 Å². The van der Waals surface area contributed by atoms with E-state index >= 15 is 0 Å². The molecule has 3 aliphatic heterocycles. The lowest BCUT2D eigenvalue weighted by Crippen LogP contribution is -2.60. The maximum atomic E-state index is 13.1. The standard InChI is InChI=1S/C22H31N3O3/c1-27-20-13-18(28-23-20)7-8-21(26)25-10-4-5-15-11-16-12-17(22(15)25)14-24-9-3-2-6-19(16)24/h11,13,16-17,19,22H,2-10,12,14H2,1H3/t16-,17-,19+,22-/m0/s1. The molecule has 4 atom stereocenters. The van der Waals surface area contributed by atoms with Crippen molar-refractivity contribution in [2.45, 2.75) is 63.5 Å². The summed E-state index contributed by atoms with van der Waals surface area (Å²) in [6.45, 7) is 3.31. The Morgan fingerprint density at radius 2 is 2.25 bits per heavy atom. The summed E-state index contributed by atoms with van der Waals surface area (Å²) < 4.78 is 10.3. The molecule has 0 N–H and O–H groups in total. The van der Waals surface area contributed by atoms with Crippen LogP contribution in [0.15, 0.2) is 22.2 Å². The van der Waals surface area contributed by atoms with Gasteiger partial charge in [-0.25, -0.2) is 0 Å². The van der Waals surface area contributed by atoms with E-state index in [9.17, 15) is 4.79 Å². The van der Waals surface area contributed by atoms with Crippen LogP contribution in [0.5, 0.6) is 5.88 Å². The van der Waals surface area contributed by atoms with Crippen molar-refractivity contribution < 1.29 is 14.1 Å². The first kappa shape index (κ1) is 18.2. The highest BCUT2D eigenvalue weighted by Crippen LogP contribution is 2.45. The Hall–Kier alpha value is -1.82. The summed E-state index contributed by atoms with van der Waals surface area (Å²) in [6.07, 6.45) is 11.2. The third-order valence-electron chi connectivity index (χ3n) is 7.31. The zero-order chi connectivity index (χ0) is 19.1. The molecule has 1 aliphatic carbocycles. The van der Waals surface area contributed by atoms with Gasteiger partial charge in [0.2, 0.25) is 5.91 Å². The maximum Gasteiger partial charge on any atom is 0.254 e. The van der Waals surface area contributed by atoms with Crippen LogP contribution in [-0.2, 0) is 11.2 Å². The summed E-state index contributed by atoms with van der Waals surface area (Å²) in [7, 11) is 1.57. The summed E-state index contributed by atoms with van der Waals surface area (Å²) in [5, 5.41) is 3.83. The van der Waals surface area contributed by atoms with Gasteiger partial charge in [-0.2, -0.15) is 0 Å². The van der Waals surface area contributed by atoms with Gasteiger partial charge in [0.15, 0.2) is 0 Å². The number of methoxy groups -OCH3 is 1. The molecule has 3 fully saturated rings. The molecule has 0 unspecified atom stereocenters. The number of aryl methyl sites for hydroxylation is 1. The topological polar surface area (TPSA) is 58.8 Å². The number of ether oxygens (including phenoxy) is 1. The number of hydrogen-bond acceptors (Lipinski definition) is 5. The number of carbonyl (C=O) groups is 1. The number of likely N-dealkylation sites (tertiary alicyclic amines) is 1. The molecular weight excluding hydrogens is 354 g/mol. The highest BCUT2D eigenvalue weighted by molar-refractivity contribution is 5.77. The molecule has 0 spiro atoms. The molecule has 1 amide bonds. The van der Waals surface area contributed by atoms with Crippen molar-refractivity contribution in [3.05, 3.63) is 23.5 Å². The van der Waals surface area contributed by atoms with E-state index in [1.54, 1.807) is 18.7 Å². The van der Waals surface area contributed by atoms with Gasteiger partial charge >= 0.3 is 0 Å². The van der Waals surface area contributed by atoms with Crippen LogP contribution in [0.1, 0.15) is 50.7 Å². The van der Waals surface area contributed by atoms with Crippen molar-refractivity contribution in [2.75, 3.05) is 26.7 Å². The van der Waals surface area contributed by atoms with E-state index in [0.29, 0.717) is 36.6 Å². The van der Waals surface area contributed by atoms with Crippen molar-refractivity contribution >= 4 is 5.91 Å². The molecule has 2 bridgehead atoms. The fourth-order valence-electron chi connectivity index (χ4n) is 6.13. The quantitative estimate of drug-likeness (QED) is 0.746. The molecule has 1 aromatic rings. The van der Waals surface area contributed by atoms with Crippen LogP contribution in [0.2, 0.25) is 0 Å². The fraction of sp³-hybridized carbons (Fsp3) is 0.727. The second-order valence-electron chi connectivity index (χ2n) is 8.93. The van der Waals surface area contributed by atoms with Gasteiger partial charge in [0, 0.05) is 38.0 Å². The lowest BCUT2D eigenvalue weighted by molar-refractivity contribution is -0.136. The van der Waals surface area contributed by atoms with E-state index in [1.807, 2.05) is 0 Å². The zero-order valence-electron chi connectivity index (χ0n) is 16.8. The number of piperidine rings is 3. The third-order valence-corrected chi connectivity index (χ3v) is 7.31. The van der Waals surface area contributed by atoms with E-state index in [0.717, 1.165) is 24.8 Å². The molecule has 5 rings (SSSR count). The second kappa shape index (κ2) is 7.54. The van der Waals surface area contributed by atoms with E-state index < -0.39 is 0 Å². The predicted octanol–water partition coefficient (Wildman–Crippen LogP) is 3.04.